The molecule has 1 N–H and O–H groups in total. The molecule has 0 radical (unpaired) electrons. The Kier molecular flexibility index (Phi) is 3.76. The van der Waals surface area contributed by atoms with Gasteiger partial charge in [0.15, 0.2) is 13.5 Å². The summed E-state index contributed by atoms with van der Waals surface area (Å²) in [4.78, 5) is 0. The number of sulfone groups is 1. The molecule has 0 aliphatic rings. The summed E-state index contributed by atoms with van der Waals surface area (Å²) in [6.07, 6.45) is -0.491. The first-order valence-corrected chi connectivity index (χ1v) is 7.17. The first-order valence-electron chi connectivity index (χ1n) is 4.49. The van der Waals surface area contributed by atoms with E-state index in [2.05, 4.69) is 15.9 Å². The van der Waals surface area contributed by atoms with E-state index in [1.807, 2.05) is 0 Å². The monoisotopic (exact) mass is 310 g/mol. The molecule has 3 nitrogen and oxygen atoms in total. The molecule has 0 aliphatic carbocycles. The summed E-state index contributed by atoms with van der Waals surface area (Å²) in [6.45, 7) is 1.29. The minimum absolute atomic E-state index is 0.0488. The lowest BCUT2D eigenvalue weighted by Gasteiger charge is -2.27. The van der Waals surface area contributed by atoms with Crippen LogP contribution in [-0.2, 0) is 9.84 Å². The van der Waals surface area contributed by atoms with Crippen molar-refractivity contribution in [1.82, 2.24) is 0 Å². The SMILES string of the molecule is CC(Br)(C(O)c1ccccc1F)S(C)(=O)=O. The highest BCUT2D eigenvalue weighted by molar-refractivity contribution is 9.11. The average molecular weight is 311 g/mol. The van der Waals surface area contributed by atoms with Crippen molar-refractivity contribution in [3.8, 4) is 0 Å². The Balaban J connectivity index is 3.23. The van der Waals surface area contributed by atoms with Gasteiger partial charge in [0.2, 0.25) is 0 Å². The van der Waals surface area contributed by atoms with Crippen molar-refractivity contribution in [2.45, 2.75) is 16.7 Å². The maximum absolute atomic E-state index is 13.4. The van der Waals surface area contributed by atoms with Gasteiger partial charge in [0.25, 0.3) is 0 Å². The van der Waals surface area contributed by atoms with Gasteiger partial charge in [-0.3, -0.25) is 0 Å². The topological polar surface area (TPSA) is 54.4 Å². The van der Waals surface area contributed by atoms with Crippen LogP contribution in [0.5, 0.6) is 0 Å². The lowest BCUT2D eigenvalue weighted by molar-refractivity contribution is 0.163. The third-order valence-corrected chi connectivity index (χ3v) is 6.28. The predicted molar refractivity (Wildman–Crippen MR) is 63.5 cm³/mol. The molecule has 0 spiro atoms. The molecule has 2 atom stereocenters. The van der Waals surface area contributed by atoms with Crippen LogP contribution in [0.4, 0.5) is 4.39 Å². The van der Waals surface area contributed by atoms with Crippen molar-refractivity contribution in [3.63, 3.8) is 0 Å². The van der Waals surface area contributed by atoms with Crippen LogP contribution in [0.3, 0.4) is 0 Å². The van der Waals surface area contributed by atoms with Crippen molar-refractivity contribution >= 4 is 25.8 Å². The summed E-state index contributed by atoms with van der Waals surface area (Å²) in [5.41, 5.74) is -0.0488. The summed E-state index contributed by atoms with van der Waals surface area (Å²) < 4.78 is 34.7. The first kappa shape index (κ1) is 13.6. The summed E-state index contributed by atoms with van der Waals surface area (Å²) in [7, 11) is -3.57. The molecule has 0 aliphatic heterocycles. The van der Waals surface area contributed by atoms with Crippen molar-refractivity contribution in [2.75, 3.05) is 6.26 Å². The number of aliphatic hydroxyl groups excluding tert-OH is 1. The molecular weight excluding hydrogens is 299 g/mol. The molecule has 0 aromatic heterocycles. The second kappa shape index (κ2) is 4.43. The number of hydrogen-bond acceptors (Lipinski definition) is 3. The van der Waals surface area contributed by atoms with E-state index in [1.165, 1.54) is 31.2 Å². The Morgan fingerprint density at radius 3 is 2.38 bits per heavy atom. The second-order valence-electron chi connectivity index (χ2n) is 3.68. The zero-order chi connectivity index (χ0) is 12.6. The van der Waals surface area contributed by atoms with Gasteiger partial charge in [-0.15, -0.1) is 0 Å². The fraction of sp³-hybridized carbons (Fsp3) is 0.400. The number of alkyl halides is 1. The fourth-order valence-corrected chi connectivity index (χ4v) is 1.96. The van der Waals surface area contributed by atoms with Crippen molar-refractivity contribution in [1.29, 1.82) is 0 Å². The van der Waals surface area contributed by atoms with E-state index in [-0.39, 0.29) is 5.56 Å². The van der Waals surface area contributed by atoms with Crippen molar-refractivity contribution in [3.05, 3.63) is 35.6 Å². The smallest absolute Gasteiger partial charge is 0.165 e. The number of rotatable bonds is 3. The summed E-state index contributed by atoms with van der Waals surface area (Å²) in [5.74, 6) is -0.635. The van der Waals surface area contributed by atoms with E-state index in [1.54, 1.807) is 0 Å². The van der Waals surface area contributed by atoms with Crippen LogP contribution in [0.2, 0.25) is 0 Å². The molecule has 16 heavy (non-hydrogen) atoms. The van der Waals surface area contributed by atoms with Crippen LogP contribution in [0.15, 0.2) is 24.3 Å². The highest BCUT2D eigenvalue weighted by atomic mass is 79.9. The van der Waals surface area contributed by atoms with E-state index in [0.717, 1.165) is 6.26 Å². The minimum Gasteiger partial charge on any atom is -0.386 e. The number of hydrogen-bond donors (Lipinski definition) is 1. The lowest BCUT2D eigenvalue weighted by Crippen LogP contribution is -2.35. The van der Waals surface area contributed by atoms with Crippen LogP contribution in [0, 0.1) is 5.82 Å². The van der Waals surface area contributed by atoms with E-state index >= 15 is 0 Å². The molecule has 0 fully saturated rings. The molecule has 90 valence electrons. The van der Waals surface area contributed by atoms with E-state index in [9.17, 15) is 17.9 Å². The molecule has 0 saturated carbocycles. The molecule has 0 heterocycles. The van der Waals surface area contributed by atoms with Gasteiger partial charge in [-0.1, -0.05) is 34.1 Å². The van der Waals surface area contributed by atoms with Crippen LogP contribution in [0.25, 0.3) is 0 Å². The normalized spacial score (nSPS) is 17.8. The summed E-state index contributed by atoms with van der Waals surface area (Å²) in [5, 5.41) is 9.90. The van der Waals surface area contributed by atoms with Crippen LogP contribution in [0.1, 0.15) is 18.6 Å². The van der Waals surface area contributed by atoms with E-state index in [0.29, 0.717) is 0 Å². The minimum atomic E-state index is -3.57. The number of benzene rings is 1. The van der Waals surface area contributed by atoms with Gasteiger partial charge in [-0.2, -0.15) is 0 Å². The Bertz CT molecular complexity index is 485. The molecule has 0 amide bonds. The van der Waals surface area contributed by atoms with Crippen LogP contribution in [-0.4, -0.2) is 23.4 Å². The standard InChI is InChI=1S/C10H12BrFO3S/c1-10(11,16(2,14)15)9(13)7-5-3-4-6-8(7)12/h3-6,9,13H,1-2H3. The Labute approximate surface area is 102 Å². The molecular formula is C10H12BrFO3S. The van der Waals surface area contributed by atoms with Gasteiger partial charge in [0.05, 0.1) is 0 Å². The second-order valence-corrected chi connectivity index (χ2v) is 8.25. The van der Waals surface area contributed by atoms with Crippen molar-refractivity contribution in [2.24, 2.45) is 0 Å². The summed E-state index contributed by atoms with van der Waals surface area (Å²) >= 11 is 2.93. The van der Waals surface area contributed by atoms with Crippen LogP contribution >= 0.6 is 15.9 Å². The summed E-state index contributed by atoms with van der Waals surface area (Å²) in [6, 6.07) is 5.53. The maximum Gasteiger partial charge on any atom is 0.165 e. The molecule has 6 heteroatoms. The average Bonchev–Trinajstić information content (AvgIpc) is 2.15. The fourth-order valence-electron chi connectivity index (χ4n) is 1.18. The zero-order valence-corrected chi connectivity index (χ0v) is 11.2. The molecule has 0 bridgehead atoms. The molecule has 0 saturated heterocycles. The zero-order valence-electron chi connectivity index (χ0n) is 8.81. The predicted octanol–water partition coefficient (Wildman–Crippen LogP) is 2.01. The Hall–Kier alpha value is -0.460. The largest absolute Gasteiger partial charge is 0.386 e. The Morgan fingerprint density at radius 1 is 1.44 bits per heavy atom. The third kappa shape index (κ3) is 2.44. The number of aliphatic hydroxyl groups is 1. The van der Waals surface area contributed by atoms with E-state index < -0.39 is 25.4 Å². The highest BCUT2D eigenvalue weighted by Gasteiger charge is 2.42. The van der Waals surface area contributed by atoms with Gasteiger partial charge in [-0.25, -0.2) is 12.8 Å². The number of halogens is 2. The third-order valence-electron chi connectivity index (χ3n) is 2.41. The van der Waals surface area contributed by atoms with Crippen LogP contribution < -0.4 is 0 Å². The van der Waals surface area contributed by atoms with Crippen molar-refractivity contribution < 1.29 is 17.9 Å². The maximum atomic E-state index is 13.4. The molecule has 1 aromatic carbocycles. The van der Waals surface area contributed by atoms with Gasteiger partial charge >= 0.3 is 0 Å². The first-order chi connectivity index (χ1) is 7.18. The molecule has 1 aromatic rings. The van der Waals surface area contributed by atoms with E-state index in [4.69, 9.17) is 0 Å². The van der Waals surface area contributed by atoms with Gasteiger partial charge in [0.1, 0.15) is 11.9 Å². The molecule has 1 rings (SSSR count). The lowest BCUT2D eigenvalue weighted by atomic mass is 10.1. The Morgan fingerprint density at radius 2 is 1.94 bits per heavy atom. The van der Waals surface area contributed by atoms with Gasteiger partial charge in [0, 0.05) is 11.8 Å². The van der Waals surface area contributed by atoms with Gasteiger partial charge in [-0.05, 0) is 13.0 Å². The quantitative estimate of drug-likeness (QED) is 0.869. The molecule has 2 unspecified atom stereocenters. The highest BCUT2D eigenvalue weighted by Crippen LogP contribution is 2.38. The van der Waals surface area contributed by atoms with Gasteiger partial charge < -0.3 is 5.11 Å².